The molecule has 0 fully saturated rings. The highest BCUT2D eigenvalue weighted by molar-refractivity contribution is 6.35. The Balaban J connectivity index is 3.70. The molecule has 0 spiro atoms. The van der Waals surface area contributed by atoms with E-state index in [0.29, 0.717) is 6.42 Å². The maximum absolute atomic E-state index is 10.9. The van der Waals surface area contributed by atoms with Crippen LogP contribution >= 0.6 is 0 Å². The molecule has 0 aliphatic rings. The number of hydrogen-bond donors (Lipinski definition) is 0. The van der Waals surface area contributed by atoms with E-state index in [0.717, 1.165) is 19.8 Å². The van der Waals surface area contributed by atoms with Crippen molar-refractivity contribution in [1.29, 1.82) is 0 Å². The standard InChI is InChI=1S/C9H14O4/c1-3-4-5-6-8(11)9(12)13-7(2)10/h3-6H2,1-2H3. The smallest absolute Gasteiger partial charge is 0.382 e. The van der Waals surface area contributed by atoms with Gasteiger partial charge in [-0.25, -0.2) is 4.79 Å². The fraction of sp³-hybridized carbons (Fsp3) is 0.667. The molecule has 74 valence electrons. The molecule has 13 heavy (non-hydrogen) atoms. The van der Waals surface area contributed by atoms with Crippen molar-refractivity contribution >= 4 is 17.7 Å². The van der Waals surface area contributed by atoms with E-state index < -0.39 is 17.7 Å². The van der Waals surface area contributed by atoms with Gasteiger partial charge in [0.25, 0.3) is 0 Å². The zero-order valence-electron chi connectivity index (χ0n) is 7.96. The molecule has 0 rings (SSSR count). The Morgan fingerprint density at radius 2 is 1.77 bits per heavy atom. The van der Waals surface area contributed by atoms with Crippen molar-refractivity contribution in [3.05, 3.63) is 0 Å². The molecule has 0 atom stereocenters. The van der Waals surface area contributed by atoms with Gasteiger partial charge in [-0.1, -0.05) is 19.8 Å². The minimum absolute atomic E-state index is 0.167. The van der Waals surface area contributed by atoms with Crippen LogP contribution in [0.1, 0.15) is 39.5 Å². The van der Waals surface area contributed by atoms with Gasteiger partial charge in [-0.3, -0.25) is 9.59 Å². The molecular formula is C9H14O4. The van der Waals surface area contributed by atoms with Gasteiger partial charge in [-0.05, 0) is 6.42 Å². The molecule has 0 aliphatic carbocycles. The lowest BCUT2D eigenvalue weighted by Crippen LogP contribution is -2.19. The average Bonchev–Trinajstić information content (AvgIpc) is 2.03. The topological polar surface area (TPSA) is 60.4 Å². The first-order valence-corrected chi connectivity index (χ1v) is 4.33. The van der Waals surface area contributed by atoms with Crippen LogP contribution < -0.4 is 0 Å². The molecule has 0 aromatic rings. The van der Waals surface area contributed by atoms with E-state index in [-0.39, 0.29) is 6.42 Å². The van der Waals surface area contributed by atoms with Crippen molar-refractivity contribution in [2.45, 2.75) is 39.5 Å². The van der Waals surface area contributed by atoms with Crippen molar-refractivity contribution in [2.75, 3.05) is 0 Å². The van der Waals surface area contributed by atoms with Gasteiger partial charge in [0.15, 0.2) is 0 Å². The van der Waals surface area contributed by atoms with Gasteiger partial charge in [0.05, 0.1) is 0 Å². The molecule has 0 saturated heterocycles. The van der Waals surface area contributed by atoms with Crippen LogP contribution in [0.4, 0.5) is 0 Å². The lowest BCUT2D eigenvalue weighted by Gasteiger charge is -1.98. The molecule has 0 N–H and O–H groups in total. The second-order valence-electron chi connectivity index (χ2n) is 2.76. The third-order valence-electron chi connectivity index (χ3n) is 1.47. The summed E-state index contributed by atoms with van der Waals surface area (Å²) in [6, 6.07) is 0. The van der Waals surface area contributed by atoms with Crippen molar-refractivity contribution in [3.8, 4) is 0 Å². The first kappa shape index (κ1) is 11.8. The van der Waals surface area contributed by atoms with Gasteiger partial charge in [-0.2, -0.15) is 0 Å². The van der Waals surface area contributed by atoms with Gasteiger partial charge in [0, 0.05) is 13.3 Å². The molecular weight excluding hydrogens is 172 g/mol. The minimum Gasteiger partial charge on any atom is -0.387 e. The Kier molecular flexibility index (Phi) is 5.76. The van der Waals surface area contributed by atoms with E-state index in [2.05, 4.69) is 4.74 Å². The number of unbranched alkanes of at least 4 members (excludes halogenated alkanes) is 2. The largest absolute Gasteiger partial charge is 0.387 e. The van der Waals surface area contributed by atoms with Crippen LogP contribution in [0, 0.1) is 0 Å². The summed E-state index contributed by atoms with van der Waals surface area (Å²) in [5.41, 5.74) is 0. The number of ether oxygens (including phenoxy) is 1. The van der Waals surface area contributed by atoms with E-state index in [1.54, 1.807) is 0 Å². The van der Waals surface area contributed by atoms with E-state index in [1.165, 1.54) is 0 Å². The number of esters is 2. The first-order chi connectivity index (χ1) is 6.07. The van der Waals surface area contributed by atoms with Crippen molar-refractivity contribution < 1.29 is 19.1 Å². The van der Waals surface area contributed by atoms with Gasteiger partial charge in [-0.15, -0.1) is 0 Å². The number of hydrogen-bond acceptors (Lipinski definition) is 4. The van der Waals surface area contributed by atoms with E-state index in [4.69, 9.17) is 0 Å². The number of carbonyl (C=O) groups excluding carboxylic acids is 3. The molecule has 0 saturated carbocycles. The Labute approximate surface area is 77.3 Å². The fourth-order valence-corrected chi connectivity index (χ4v) is 0.825. The van der Waals surface area contributed by atoms with Gasteiger partial charge in [0.1, 0.15) is 0 Å². The summed E-state index contributed by atoms with van der Waals surface area (Å²) in [7, 11) is 0. The van der Waals surface area contributed by atoms with Crippen LogP contribution in [0.2, 0.25) is 0 Å². The average molecular weight is 186 g/mol. The van der Waals surface area contributed by atoms with E-state index >= 15 is 0 Å². The SMILES string of the molecule is CCCCCC(=O)C(=O)OC(C)=O. The molecule has 0 radical (unpaired) electrons. The van der Waals surface area contributed by atoms with Crippen molar-refractivity contribution in [2.24, 2.45) is 0 Å². The second kappa shape index (κ2) is 6.34. The summed E-state index contributed by atoms with van der Waals surface area (Å²) in [4.78, 5) is 32.0. The predicted octanol–water partition coefficient (Wildman–Crippen LogP) is 1.23. The third-order valence-corrected chi connectivity index (χ3v) is 1.47. The lowest BCUT2D eigenvalue weighted by molar-refractivity contribution is -0.163. The molecule has 0 heterocycles. The maximum Gasteiger partial charge on any atom is 0.382 e. The molecule has 0 aromatic heterocycles. The zero-order valence-corrected chi connectivity index (χ0v) is 7.96. The van der Waals surface area contributed by atoms with Crippen LogP contribution in [0.25, 0.3) is 0 Å². The quantitative estimate of drug-likeness (QED) is 0.280. The monoisotopic (exact) mass is 186 g/mol. The predicted molar refractivity (Wildman–Crippen MR) is 45.9 cm³/mol. The van der Waals surface area contributed by atoms with Crippen LogP contribution in [-0.2, 0) is 19.1 Å². The molecule has 0 amide bonds. The number of rotatable bonds is 5. The highest BCUT2D eigenvalue weighted by atomic mass is 16.6. The highest BCUT2D eigenvalue weighted by Gasteiger charge is 2.16. The normalized spacial score (nSPS) is 9.38. The first-order valence-electron chi connectivity index (χ1n) is 4.33. The highest BCUT2D eigenvalue weighted by Crippen LogP contribution is 2.00. The summed E-state index contributed by atoms with van der Waals surface area (Å²) >= 11 is 0. The maximum atomic E-state index is 10.9. The number of carbonyl (C=O) groups is 3. The number of ketones is 1. The summed E-state index contributed by atoms with van der Waals surface area (Å²) in [5.74, 6) is -2.40. The third kappa shape index (κ3) is 6.02. The van der Waals surface area contributed by atoms with Gasteiger partial charge in [0.2, 0.25) is 5.78 Å². The minimum atomic E-state index is -1.04. The Hall–Kier alpha value is -1.19. The molecule has 4 nitrogen and oxygen atoms in total. The fourth-order valence-electron chi connectivity index (χ4n) is 0.825. The van der Waals surface area contributed by atoms with E-state index in [1.807, 2.05) is 6.92 Å². The Morgan fingerprint density at radius 1 is 1.15 bits per heavy atom. The van der Waals surface area contributed by atoms with Crippen LogP contribution in [-0.4, -0.2) is 17.7 Å². The number of Topliss-reactive ketones (excluding diaryl/α,β-unsaturated/α-hetero) is 1. The van der Waals surface area contributed by atoms with Crippen LogP contribution in [0.5, 0.6) is 0 Å². The molecule has 0 bridgehead atoms. The van der Waals surface area contributed by atoms with Crippen LogP contribution in [0.3, 0.4) is 0 Å². The summed E-state index contributed by atoms with van der Waals surface area (Å²) in [6.45, 7) is 3.09. The second-order valence-corrected chi connectivity index (χ2v) is 2.76. The van der Waals surface area contributed by atoms with Gasteiger partial charge < -0.3 is 4.74 Å². The van der Waals surface area contributed by atoms with Crippen molar-refractivity contribution in [3.63, 3.8) is 0 Å². The van der Waals surface area contributed by atoms with Crippen LogP contribution in [0.15, 0.2) is 0 Å². The van der Waals surface area contributed by atoms with Gasteiger partial charge >= 0.3 is 11.9 Å². The van der Waals surface area contributed by atoms with Crippen molar-refractivity contribution in [1.82, 2.24) is 0 Å². The lowest BCUT2D eigenvalue weighted by atomic mass is 10.1. The summed E-state index contributed by atoms with van der Waals surface area (Å²) in [6.07, 6.45) is 2.72. The molecule has 0 aliphatic heterocycles. The molecule has 0 aromatic carbocycles. The summed E-state index contributed by atoms with van der Waals surface area (Å²) < 4.78 is 4.12. The Morgan fingerprint density at radius 3 is 2.23 bits per heavy atom. The summed E-state index contributed by atoms with van der Waals surface area (Å²) in [5, 5.41) is 0. The van der Waals surface area contributed by atoms with E-state index in [9.17, 15) is 14.4 Å². The Bertz CT molecular complexity index is 208. The molecule has 0 unspecified atom stereocenters. The molecule has 4 heteroatoms. The zero-order chi connectivity index (χ0) is 10.3.